The van der Waals surface area contributed by atoms with Crippen LogP contribution < -0.4 is 4.90 Å². The van der Waals surface area contributed by atoms with Crippen LogP contribution in [0.15, 0.2) is 60.3 Å². The van der Waals surface area contributed by atoms with Gasteiger partial charge >= 0.3 is 0 Å². The molecule has 0 fully saturated rings. The van der Waals surface area contributed by atoms with Crippen LogP contribution in [0.5, 0.6) is 0 Å². The lowest BCUT2D eigenvalue weighted by Gasteiger charge is -2.32. The largest absolute Gasteiger partial charge is 0.378 e. The van der Waals surface area contributed by atoms with E-state index < -0.39 is 5.79 Å². The van der Waals surface area contributed by atoms with Gasteiger partial charge in [-0.15, -0.1) is 0 Å². The lowest BCUT2D eigenvalue weighted by atomic mass is 9.97. The molecule has 0 atom stereocenters. The molecule has 24 heavy (non-hydrogen) atoms. The van der Waals surface area contributed by atoms with E-state index in [0.29, 0.717) is 0 Å². The van der Waals surface area contributed by atoms with Crippen LogP contribution >= 0.6 is 0 Å². The summed E-state index contributed by atoms with van der Waals surface area (Å²) in [5.74, 6) is -1.01. The topological polar surface area (TPSA) is 24.9 Å². The number of anilines is 1. The molecule has 0 unspecified atom stereocenters. The van der Waals surface area contributed by atoms with Gasteiger partial charge in [-0.25, -0.2) is 0 Å². The first-order valence-electron chi connectivity index (χ1n) is 7.91. The van der Waals surface area contributed by atoms with Crippen molar-refractivity contribution in [2.75, 3.05) is 47.3 Å². The van der Waals surface area contributed by atoms with E-state index in [4.69, 9.17) is 9.47 Å². The maximum atomic E-state index is 5.74. The van der Waals surface area contributed by atoms with E-state index in [1.54, 1.807) is 14.2 Å². The van der Waals surface area contributed by atoms with E-state index in [2.05, 4.69) is 11.5 Å². The first-order chi connectivity index (χ1) is 11.3. The monoisotopic (exact) mass is 330 g/mol. The van der Waals surface area contributed by atoms with Gasteiger partial charge in [-0.1, -0.05) is 30.9 Å². The third-order valence-corrected chi connectivity index (χ3v) is 4.03. The lowest BCUT2D eigenvalue weighted by molar-refractivity contribution is -0.184. The average molecular weight is 330 g/mol. The average Bonchev–Trinajstić information content (AvgIpc) is 2.57. The first kappa shape index (κ1) is 20.0. The van der Waals surface area contributed by atoms with E-state index in [1.807, 2.05) is 82.5 Å². The molecule has 0 saturated heterocycles. The van der Waals surface area contributed by atoms with E-state index >= 15 is 0 Å². The van der Waals surface area contributed by atoms with Crippen molar-refractivity contribution >= 4 is 5.69 Å². The molecule has 0 aliphatic heterocycles. The van der Waals surface area contributed by atoms with Gasteiger partial charge in [-0.3, -0.25) is 0 Å². The predicted octanol–water partition coefficient (Wildman–Crippen LogP) is 3.78. The SMILES string of the molecule is C=C(/C=C\C(=C/C)N(C)C)C(OC)(OC)c1ccc(N(C)C)cc1. The maximum Gasteiger partial charge on any atom is 0.221 e. The van der Waals surface area contributed by atoms with Crippen molar-refractivity contribution in [3.8, 4) is 0 Å². The molecule has 0 bridgehead atoms. The minimum Gasteiger partial charge on any atom is -0.378 e. The Bertz CT molecular complexity index is 595. The molecule has 0 aromatic heterocycles. The lowest BCUT2D eigenvalue weighted by Crippen LogP contribution is -2.32. The minimum absolute atomic E-state index is 0.728. The summed E-state index contributed by atoms with van der Waals surface area (Å²) < 4.78 is 11.5. The number of hydrogen-bond acceptors (Lipinski definition) is 4. The number of ether oxygens (including phenoxy) is 2. The number of nitrogens with zero attached hydrogens (tertiary/aromatic N) is 2. The molecular formula is C20H30N2O2. The number of hydrogen-bond donors (Lipinski definition) is 0. The van der Waals surface area contributed by atoms with Gasteiger partial charge in [0.15, 0.2) is 0 Å². The van der Waals surface area contributed by atoms with Crippen LogP contribution in [0.3, 0.4) is 0 Å². The Morgan fingerprint density at radius 1 is 1.00 bits per heavy atom. The second-order valence-electron chi connectivity index (χ2n) is 5.93. The van der Waals surface area contributed by atoms with E-state index in [0.717, 1.165) is 22.5 Å². The smallest absolute Gasteiger partial charge is 0.221 e. The van der Waals surface area contributed by atoms with Crippen molar-refractivity contribution in [2.24, 2.45) is 0 Å². The summed E-state index contributed by atoms with van der Waals surface area (Å²) in [4.78, 5) is 4.09. The van der Waals surface area contributed by atoms with Crippen LogP contribution in [-0.2, 0) is 15.3 Å². The summed E-state index contributed by atoms with van der Waals surface area (Å²) in [5.41, 5.74) is 3.83. The Morgan fingerprint density at radius 3 is 1.92 bits per heavy atom. The molecule has 0 N–H and O–H groups in total. The normalized spacial score (nSPS) is 12.5. The molecule has 0 radical (unpaired) electrons. The summed E-state index contributed by atoms with van der Waals surface area (Å²) >= 11 is 0. The molecule has 4 heteroatoms. The molecule has 0 aliphatic rings. The molecule has 0 saturated carbocycles. The van der Waals surface area contributed by atoms with E-state index in [-0.39, 0.29) is 0 Å². The quantitative estimate of drug-likeness (QED) is 0.535. The highest BCUT2D eigenvalue weighted by Gasteiger charge is 2.34. The van der Waals surface area contributed by atoms with Crippen LogP contribution in [0.25, 0.3) is 0 Å². The second-order valence-corrected chi connectivity index (χ2v) is 5.93. The molecule has 0 aliphatic carbocycles. The molecular weight excluding hydrogens is 300 g/mol. The molecule has 1 aromatic carbocycles. The number of rotatable bonds is 8. The number of allylic oxidation sites excluding steroid dienone is 2. The fourth-order valence-electron chi connectivity index (χ4n) is 2.54. The zero-order valence-electron chi connectivity index (χ0n) is 16.0. The van der Waals surface area contributed by atoms with Crippen LogP contribution in [0, 0.1) is 0 Å². The highest BCUT2D eigenvalue weighted by atomic mass is 16.7. The summed E-state index contributed by atoms with van der Waals surface area (Å²) in [6, 6.07) is 8.08. The fourth-order valence-corrected chi connectivity index (χ4v) is 2.54. The summed E-state index contributed by atoms with van der Waals surface area (Å²) in [6.45, 7) is 6.18. The van der Waals surface area contributed by atoms with Crippen molar-refractivity contribution in [2.45, 2.75) is 12.7 Å². The van der Waals surface area contributed by atoms with Crippen LogP contribution in [0.1, 0.15) is 12.5 Å². The first-order valence-corrected chi connectivity index (χ1v) is 7.91. The third kappa shape index (κ3) is 4.28. The minimum atomic E-state index is -1.01. The van der Waals surface area contributed by atoms with Crippen molar-refractivity contribution in [3.05, 3.63) is 65.9 Å². The van der Waals surface area contributed by atoms with Gasteiger partial charge in [0, 0.05) is 64.9 Å². The summed E-state index contributed by atoms with van der Waals surface area (Å²) in [6.07, 6.45) is 5.97. The summed E-state index contributed by atoms with van der Waals surface area (Å²) in [5, 5.41) is 0. The predicted molar refractivity (Wildman–Crippen MR) is 102 cm³/mol. The molecule has 1 rings (SSSR count). The number of likely N-dealkylation sites (N-methyl/N-ethyl adjacent to an activating group) is 1. The van der Waals surface area contributed by atoms with Crippen molar-refractivity contribution in [3.63, 3.8) is 0 Å². The Labute approximate surface area is 146 Å². The van der Waals surface area contributed by atoms with Gasteiger partial charge in [-0.05, 0) is 25.1 Å². The zero-order valence-corrected chi connectivity index (χ0v) is 16.0. The van der Waals surface area contributed by atoms with Gasteiger partial charge in [-0.2, -0.15) is 0 Å². The Hall–Kier alpha value is -2.04. The highest BCUT2D eigenvalue weighted by Crippen LogP contribution is 2.35. The molecule has 1 aromatic rings. The van der Waals surface area contributed by atoms with Crippen molar-refractivity contribution in [1.82, 2.24) is 4.90 Å². The van der Waals surface area contributed by atoms with Gasteiger partial charge < -0.3 is 19.3 Å². The third-order valence-electron chi connectivity index (χ3n) is 4.03. The Morgan fingerprint density at radius 2 is 1.54 bits per heavy atom. The Kier molecular flexibility index (Phi) is 7.26. The fraction of sp³-hybridized carbons (Fsp3) is 0.400. The van der Waals surface area contributed by atoms with Crippen LogP contribution in [0.4, 0.5) is 5.69 Å². The van der Waals surface area contributed by atoms with Gasteiger partial charge in [0.25, 0.3) is 0 Å². The van der Waals surface area contributed by atoms with Gasteiger partial charge in [0.05, 0.1) is 0 Å². The van der Waals surface area contributed by atoms with Crippen LogP contribution in [-0.4, -0.2) is 47.3 Å². The zero-order chi connectivity index (χ0) is 18.3. The molecule has 132 valence electrons. The van der Waals surface area contributed by atoms with E-state index in [9.17, 15) is 0 Å². The van der Waals surface area contributed by atoms with Crippen LogP contribution in [0.2, 0.25) is 0 Å². The molecule has 0 heterocycles. The van der Waals surface area contributed by atoms with Gasteiger partial charge in [0.2, 0.25) is 5.79 Å². The van der Waals surface area contributed by atoms with Crippen molar-refractivity contribution in [1.29, 1.82) is 0 Å². The standard InChI is InChI=1S/C20H30N2O2/c1-9-18(21(3)4)13-10-16(2)20(23-7,24-8)17-11-14-19(15-12-17)22(5)6/h9-15H,2H2,1,3-8H3/b13-10-,18-9+. The van der Waals surface area contributed by atoms with Crippen molar-refractivity contribution < 1.29 is 9.47 Å². The molecule has 0 amide bonds. The molecule has 4 nitrogen and oxygen atoms in total. The van der Waals surface area contributed by atoms with Gasteiger partial charge in [0.1, 0.15) is 0 Å². The van der Waals surface area contributed by atoms with E-state index in [1.165, 1.54) is 0 Å². The summed E-state index contributed by atoms with van der Waals surface area (Å²) in [7, 11) is 11.3. The maximum absolute atomic E-state index is 5.74. The number of methoxy groups -OCH3 is 2. The molecule has 0 spiro atoms. The second kappa shape index (κ2) is 8.71. The number of benzene rings is 1. The highest BCUT2D eigenvalue weighted by molar-refractivity contribution is 5.48. The Balaban J connectivity index is 3.19.